The maximum Gasteiger partial charge on any atom is 0.167 e. The molecule has 88 valence electrons. The van der Waals surface area contributed by atoms with Crippen molar-refractivity contribution in [2.75, 3.05) is 0 Å². The first-order valence-corrected chi connectivity index (χ1v) is 5.01. The lowest BCUT2D eigenvalue weighted by Gasteiger charge is -2.06. The number of nitrogens with zero attached hydrogens (tertiary/aromatic N) is 2. The Labute approximate surface area is 97.1 Å². The second-order valence-corrected chi connectivity index (χ2v) is 3.48. The molecule has 0 aliphatic rings. The van der Waals surface area contributed by atoms with Crippen LogP contribution in [0.5, 0.6) is 5.75 Å². The molecule has 0 spiro atoms. The molecule has 0 saturated carbocycles. The topological polar surface area (TPSA) is 35.0 Å². The van der Waals surface area contributed by atoms with Crippen molar-refractivity contribution >= 4 is 0 Å². The molecule has 0 aliphatic carbocycles. The first-order chi connectivity index (χ1) is 8.15. The fraction of sp³-hybridized carbons (Fsp3) is 0.167. The molecule has 1 aromatic carbocycles. The molecule has 0 atom stereocenters. The van der Waals surface area contributed by atoms with Crippen LogP contribution in [0, 0.1) is 18.6 Å². The Bertz CT molecular complexity index is 532. The molecule has 0 amide bonds. The highest BCUT2D eigenvalue weighted by Crippen LogP contribution is 2.18. The van der Waals surface area contributed by atoms with E-state index in [1.807, 2.05) is 6.92 Å². The van der Waals surface area contributed by atoms with Crippen LogP contribution in [-0.4, -0.2) is 9.97 Å². The highest BCUT2D eigenvalue weighted by atomic mass is 19.1. The van der Waals surface area contributed by atoms with Crippen LogP contribution < -0.4 is 4.74 Å². The zero-order chi connectivity index (χ0) is 12.3. The molecular formula is C12H10F2N2O. The zero-order valence-corrected chi connectivity index (χ0v) is 9.15. The normalized spacial score (nSPS) is 10.3. The number of benzene rings is 1. The van der Waals surface area contributed by atoms with Gasteiger partial charge in [0.1, 0.15) is 12.4 Å². The third-order valence-corrected chi connectivity index (χ3v) is 2.10. The Morgan fingerprint density at radius 3 is 2.76 bits per heavy atom. The zero-order valence-electron chi connectivity index (χ0n) is 9.15. The monoisotopic (exact) mass is 236 g/mol. The van der Waals surface area contributed by atoms with Gasteiger partial charge in [0.25, 0.3) is 0 Å². The van der Waals surface area contributed by atoms with Crippen LogP contribution in [0.15, 0.2) is 30.5 Å². The summed E-state index contributed by atoms with van der Waals surface area (Å²) in [5, 5.41) is 0. The Kier molecular flexibility index (Phi) is 3.27. The van der Waals surface area contributed by atoms with E-state index in [9.17, 15) is 8.78 Å². The van der Waals surface area contributed by atoms with Crippen molar-refractivity contribution in [3.05, 3.63) is 53.6 Å². The van der Waals surface area contributed by atoms with Crippen molar-refractivity contribution in [3.63, 3.8) is 0 Å². The summed E-state index contributed by atoms with van der Waals surface area (Å²) < 4.78 is 31.0. The summed E-state index contributed by atoms with van der Waals surface area (Å²) in [6.07, 6.45) is 1.60. The van der Waals surface area contributed by atoms with Crippen molar-refractivity contribution in [1.82, 2.24) is 9.97 Å². The molecular weight excluding hydrogens is 226 g/mol. The summed E-state index contributed by atoms with van der Waals surface area (Å²) in [6.45, 7) is 1.87. The third-order valence-electron chi connectivity index (χ3n) is 2.10. The molecule has 0 radical (unpaired) electrons. The molecule has 0 bridgehead atoms. The molecule has 0 N–H and O–H groups in total. The minimum Gasteiger partial charge on any atom is -0.483 e. The molecule has 2 rings (SSSR count). The van der Waals surface area contributed by atoms with Gasteiger partial charge in [0.05, 0.1) is 0 Å². The van der Waals surface area contributed by atoms with Gasteiger partial charge in [-0.2, -0.15) is 0 Å². The van der Waals surface area contributed by atoms with Crippen molar-refractivity contribution in [3.8, 4) is 5.75 Å². The van der Waals surface area contributed by atoms with Crippen molar-refractivity contribution in [2.45, 2.75) is 13.5 Å². The van der Waals surface area contributed by atoms with Crippen LogP contribution in [-0.2, 0) is 6.61 Å². The van der Waals surface area contributed by atoms with E-state index < -0.39 is 11.6 Å². The maximum atomic E-state index is 13.2. The predicted octanol–water partition coefficient (Wildman–Crippen LogP) is 2.64. The summed E-state index contributed by atoms with van der Waals surface area (Å²) in [6, 6.07) is 4.89. The van der Waals surface area contributed by atoms with Gasteiger partial charge >= 0.3 is 0 Å². The second-order valence-electron chi connectivity index (χ2n) is 3.48. The fourth-order valence-corrected chi connectivity index (χ4v) is 1.30. The van der Waals surface area contributed by atoms with Crippen molar-refractivity contribution < 1.29 is 13.5 Å². The Hall–Kier alpha value is -2.04. The Balaban J connectivity index is 2.07. The van der Waals surface area contributed by atoms with Gasteiger partial charge in [0, 0.05) is 18.0 Å². The molecule has 0 fully saturated rings. The van der Waals surface area contributed by atoms with Gasteiger partial charge in [0.2, 0.25) is 0 Å². The van der Waals surface area contributed by atoms with Gasteiger partial charge in [0.15, 0.2) is 17.4 Å². The first-order valence-electron chi connectivity index (χ1n) is 5.01. The van der Waals surface area contributed by atoms with Gasteiger partial charge in [-0.1, -0.05) is 0 Å². The number of hydrogen-bond acceptors (Lipinski definition) is 3. The number of halogens is 2. The summed E-state index contributed by atoms with van der Waals surface area (Å²) in [7, 11) is 0. The molecule has 1 heterocycles. The molecule has 0 saturated heterocycles. The van der Waals surface area contributed by atoms with E-state index in [2.05, 4.69) is 9.97 Å². The quantitative estimate of drug-likeness (QED) is 0.821. The smallest absolute Gasteiger partial charge is 0.167 e. The average Bonchev–Trinajstić information content (AvgIpc) is 2.28. The second kappa shape index (κ2) is 4.86. The number of aryl methyl sites for hydroxylation is 1. The Morgan fingerprint density at radius 1 is 1.24 bits per heavy atom. The minimum absolute atomic E-state index is 0.0171. The maximum absolute atomic E-state index is 13.2. The van der Waals surface area contributed by atoms with Crippen LogP contribution in [0.4, 0.5) is 8.78 Å². The van der Waals surface area contributed by atoms with Gasteiger partial charge in [-0.25, -0.2) is 18.7 Å². The first kappa shape index (κ1) is 11.4. The third kappa shape index (κ3) is 2.96. The SMILES string of the molecule is Cc1ccnc(COc2ccc(F)cc2F)n1. The van der Waals surface area contributed by atoms with Crippen LogP contribution >= 0.6 is 0 Å². The van der Waals surface area contributed by atoms with Crippen molar-refractivity contribution in [2.24, 2.45) is 0 Å². The van der Waals surface area contributed by atoms with E-state index in [0.29, 0.717) is 5.82 Å². The van der Waals surface area contributed by atoms with Crippen LogP contribution in [0.2, 0.25) is 0 Å². The summed E-state index contributed by atoms with van der Waals surface area (Å²) in [4.78, 5) is 8.07. The van der Waals surface area contributed by atoms with E-state index in [4.69, 9.17) is 4.74 Å². The highest BCUT2D eigenvalue weighted by molar-refractivity contribution is 5.24. The molecule has 0 aliphatic heterocycles. The van der Waals surface area contributed by atoms with Gasteiger partial charge in [-0.15, -0.1) is 0 Å². The number of ether oxygens (including phenoxy) is 1. The minimum atomic E-state index is -0.738. The molecule has 17 heavy (non-hydrogen) atoms. The summed E-state index contributed by atoms with van der Waals surface area (Å²) >= 11 is 0. The van der Waals surface area contributed by atoms with Crippen LogP contribution in [0.3, 0.4) is 0 Å². The van der Waals surface area contributed by atoms with Gasteiger partial charge < -0.3 is 4.74 Å². The van der Waals surface area contributed by atoms with Crippen molar-refractivity contribution in [1.29, 1.82) is 0 Å². The standard InChI is InChI=1S/C12H10F2N2O/c1-8-4-5-15-12(16-8)7-17-11-3-2-9(13)6-10(11)14/h2-6H,7H2,1H3. The molecule has 1 aromatic heterocycles. The lowest BCUT2D eigenvalue weighted by molar-refractivity contribution is 0.280. The van der Waals surface area contributed by atoms with E-state index >= 15 is 0 Å². The lowest BCUT2D eigenvalue weighted by atomic mass is 10.3. The van der Waals surface area contributed by atoms with E-state index in [1.54, 1.807) is 12.3 Å². The fourth-order valence-electron chi connectivity index (χ4n) is 1.30. The van der Waals surface area contributed by atoms with E-state index in [1.165, 1.54) is 6.07 Å². The van der Waals surface area contributed by atoms with Gasteiger partial charge in [-0.05, 0) is 25.1 Å². The van der Waals surface area contributed by atoms with E-state index in [-0.39, 0.29) is 12.4 Å². The molecule has 2 aromatic rings. The predicted molar refractivity (Wildman–Crippen MR) is 57.5 cm³/mol. The van der Waals surface area contributed by atoms with Gasteiger partial charge in [-0.3, -0.25) is 0 Å². The number of hydrogen-bond donors (Lipinski definition) is 0. The molecule has 3 nitrogen and oxygen atoms in total. The summed E-state index contributed by atoms with van der Waals surface area (Å²) in [5.74, 6) is -0.940. The largest absolute Gasteiger partial charge is 0.483 e. The highest BCUT2D eigenvalue weighted by Gasteiger charge is 2.06. The molecule has 5 heteroatoms. The number of aromatic nitrogens is 2. The van der Waals surface area contributed by atoms with Crippen LogP contribution in [0.1, 0.15) is 11.5 Å². The number of rotatable bonds is 3. The lowest BCUT2D eigenvalue weighted by Crippen LogP contribution is -2.03. The Morgan fingerprint density at radius 2 is 2.06 bits per heavy atom. The molecule has 0 unspecified atom stereocenters. The summed E-state index contributed by atoms with van der Waals surface area (Å²) in [5.41, 5.74) is 0.804. The average molecular weight is 236 g/mol. The van der Waals surface area contributed by atoms with E-state index in [0.717, 1.165) is 17.8 Å². The van der Waals surface area contributed by atoms with Crippen LogP contribution in [0.25, 0.3) is 0 Å².